The Hall–Kier alpha value is -3.92. The van der Waals surface area contributed by atoms with Crippen LogP contribution in [0.25, 0.3) is 5.69 Å². The van der Waals surface area contributed by atoms with Gasteiger partial charge in [-0.1, -0.05) is 18.2 Å². The summed E-state index contributed by atoms with van der Waals surface area (Å²) in [7, 11) is 0. The lowest BCUT2D eigenvalue weighted by Crippen LogP contribution is -2.37. The molecule has 7 nitrogen and oxygen atoms in total. The Bertz CT molecular complexity index is 1180. The number of aromatic nitrogens is 2. The van der Waals surface area contributed by atoms with Gasteiger partial charge in [0.1, 0.15) is 11.9 Å². The van der Waals surface area contributed by atoms with Crippen LogP contribution in [0.1, 0.15) is 40.2 Å². The number of nitrogens with zero attached hydrogens (tertiary/aromatic N) is 4. The fourth-order valence-electron chi connectivity index (χ4n) is 4.34. The maximum absolute atomic E-state index is 12.8. The van der Waals surface area contributed by atoms with E-state index in [9.17, 15) is 9.59 Å². The molecular formula is C26H26N4O3. The largest absolute Gasteiger partial charge is 0.457 e. The van der Waals surface area contributed by atoms with Crippen LogP contribution in [-0.4, -0.2) is 41.0 Å². The van der Waals surface area contributed by atoms with Crippen molar-refractivity contribution >= 4 is 17.6 Å². The maximum atomic E-state index is 12.8. The number of benzene rings is 1. The number of ketones is 1. The summed E-state index contributed by atoms with van der Waals surface area (Å²) in [6.07, 6.45) is 2.82. The molecule has 7 heteroatoms. The molecule has 0 atom stereocenters. The van der Waals surface area contributed by atoms with Gasteiger partial charge in [-0.2, -0.15) is 5.26 Å². The van der Waals surface area contributed by atoms with E-state index in [0.717, 1.165) is 22.9 Å². The van der Waals surface area contributed by atoms with Crippen LogP contribution in [0.4, 0.5) is 5.82 Å². The van der Waals surface area contributed by atoms with Gasteiger partial charge < -0.3 is 14.2 Å². The van der Waals surface area contributed by atoms with E-state index in [1.807, 2.05) is 60.9 Å². The molecule has 0 aliphatic carbocycles. The second-order valence-corrected chi connectivity index (χ2v) is 8.26. The van der Waals surface area contributed by atoms with E-state index in [2.05, 4.69) is 16.0 Å². The summed E-state index contributed by atoms with van der Waals surface area (Å²) in [5, 5.41) is 8.90. The van der Waals surface area contributed by atoms with E-state index in [1.165, 1.54) is 0 Å². The topological polar surface area (TPSA) is 88.2 Å². The van der Waals surface area contributed by atoms with Crippen molar-refractivity contribution in [3.05, 3.63) is 77.2 Å². The molecule has 1 aliphatic heterocycles. The van der Waals surface area contributed by atoms with Gasteiger partial charge in [0.15, 0.2) is 6.61 Å². The second kappa shape index (κ2) is 9.70. The van der Waals surface area contributed by atoms with E-state index < -0.39 is 0 Å². The number of hydrogen-bond donors (Lipinski definition) is 0. The molecule has 33 heavy (non-hydrogen) atoms. The zero-order chi connectivity index (χ0) is 23.4. The fraction of sp³-hybridized carbons (Fsp3) is 0.308. The van der Waals surface area contributed by atoms with Crippen LogP contribution in [0.2, 0.25) is 0 Å². The van der Waals surface area contributed by atoms with Crippen molar-refractivity contribution < 1.29 is 14.3 Å². The quantitative estimate of drug-likeness (QED) is 0.423. The third-order valence-electron chi connectivity index (χ3n) is 6.12. The average molecular weight is 443 g/mol. The van der Waals surface area contributed by atoms with Gasteiger partial charge in [0.25, 0.3) is 0 Å². The van der Waals surface area contributed by atoms with Gasteiger partial charge in [0.05, 0.1) is 11.5 Å². The summed E-state index contributed by atoms with van der Waals surface area (Å²) in [5.74, 6) is 0.0412. The van der Waals surface area contributed by atoms with Crippen LogP contribution < -0.4 is 4.90 Å². The van der Waals surface area contributed by atoms with Crippen LogP contribution >= 0.6 is 0 Å². The first-order chi connectivity index (χ1) is 16.0. The molecule has 3 aromatic rings. The van der Waals surface area contributed by atoms with Gasteiger partial charge in [-0.15, -0.1) is 0 Å². The number of aryl methyl sites for hydroxylation is 1. The Morgan fingerprint density at radius 2 is 1.85 bits per heavy atom. The molecule has 1 aromatic carbocycles. The van der Waals surface area contributed by atoms with Gasteiger partial charge in [-0.25, -0.2) is 4.98 Å². The number of carbonyl (C=O) groups is 2. The molecular weight excluding hydrogens is 416 g/mol. The molecule has 4 rings (SSSR count). The highest BCUT2D eigenvalue weighted by Gasteiger charge is 2.28. The number of carbonyl (C=O) groups excluding carboxylic acids is 2. The van der Waals surface area contributed by atoms with Crippen molar-refractivity contribution in [1.82, 2.24) is 9.55 Å². The highest BCUT2D eigenvalue weighted by Crippen LogP contribution is 2.24. The van der Waals surface area contributed by atoms with Crippen molar-refractivity contribution in [3.8, 4) is 11.8 Å². The normalized spacial score (nSPS) is 14.0. The summed E-state index contributed by atoms with van der Waals surface area (Å²) in [4.78, 5) is 31.8. The van der Waals surface area contributed by atoms with E-state index >= 15 is 0 Å². The first kappa shape index (κ1) is 22.3. The van der Waals surface area contributed by atoms with Crippen molar-refractivity contribution in [2.24, 2.45) is 5.92 Å². The van der Waals surface area contributed by atoms with Crippen molar-refractivity contribution in [1.29, 1.82) is 5.26 Å². The van der Waals surface area contributed by atoms with Crippen LogP contribution in [0, 0.1) is 31.1 Å². The molecule has 0 unspecified atom stereocenters. The highest BCUT2D eigenvalue weighted by atomic mass is 16.5. The second-order valence-electron chi connectivity index (χ2n) is 8.26. The summed E-state index contributed by atoms with van der Waals surface area (Å²) in [6.45, 7) is 4.95. The summed E-state index contributed by atoms with van der Waals surface area (Å²) in [6, 6.07) is 17.3. The minimum Gasteiger partial charge on any atom is -0.457 e. The Morgan fingerprint density at radius 1 is 1.12 bits per heavy atom. The van der Waals surface area contributed by atoms with Gasteiger partial charge in [0.2, 0.25) is 5.78 Å². The Labute approximate surface area is 193 Å². The van der Waals surface area contributed by atoms with Crippen LogP contribution in [-0.2, 0) is 9.53 Å². The fourth-order valence-corrected chi connectivity index (χ4v) is 4.34. The molecule has 0 N–H and O–H groups in total. The average Bonchev–Trinajstić information content (AvgIpc) is 3.16. The molecule has 1 saturated heterocycles. The number of Topliss-reactive ketones (excluding diaryl/α,β-unsaturated/α-hetero) is 1. The minimum atomic E-state index is -0.326. The highest BCUT2D eigenvalue weighted by molar-refractivity contribution is 5.99. The molecule has 3 heterocycles. The third-order valence-corrected chi connectivity index (χ3v) is 6.12. The van der Waals surface area contributed by atoms with Crippen molar-refractivity contribution in [2.75, 3.05) is 24.6 Å². The first-order valence-corrected chi connectivity index (χ1v) is 11.0. The summed E-state index contributed by atoms with van der Waals surface area (Å²) >= 11 is 0. The number of esters is 1. The number of pyridine rings is 1. The lowest BCUT2D eigenvalue weighted by Gasteiger charge is -2.31. The SMILES string of the molecule is Cc1cc(C(=O)COC(=O)C2CCN(c3ccc(C#N)cn3)CC2)c(C)n1-c1ccccc1. The number of anilines is 1. The molecule has 168 valence electrons. The number of ether oxygens (including phenoxy) is 1. The van der Waals surface area contributed by atoms with E-state index in [4.69, 9.17) is 10.00 Å². The van der Waals surface area contributed by atoms with E-state index in [1.54, 1.807) is 12.3 Å². The summed E-state index contributed by atoms with van der Waals surface area (Å²) in [5.41, 5.74) is 3.88. The van der Waals surface area contributed by atoms with Gasteiger partial charge in [0, 0.05) is 41.9 Å². The molecule has 2 aromatic heterocycles. The molecule has 0 bridgehead atoms. The maximum Gasteiger partial charge on any atom is 0.309 e. The van der Waals surface area contributed by atoms with Gasteiger partial charge in [-0.3, -0.25) is 9.59 Å². The molecule has 1 aliphatic rings. The molecule has 1 fully saturated rings. The number of nitriles is 1. The molecule has 0 spiro atoms. The van der Waals surface area contributed by atoms with Crippen LogP contribution in [0.15, 0.2) is 54.7 Å². The number of rotatable bonds is 6. The number of hydrogen-bond acceptors (Lipinski definition) is 6. The van der Waals surface area contributed by atoms with Crippen LogP contribution in [0.5, 0.6) is 0 Å². The number of para-hydroxylation sites is 1. The monoisotopic (exact) mass is 442 g/mol. The van der Waals surface area contributed by atoms with Crippen LogP contribution in [0.3, 0.4) is 0 Å². The zero-order valence-electron chi connectivity index (χ0n) is 18.8. The van der Waals surface area contributed by atoms with E-state index in [0.29, 0.717) is 37.1 Å². The van der Waals surface area contributed by atoms with Gasteiger partial charge >= 0.3 is 5.97 Å². The zero-order valence-corrected chi connectivity index (χ0v) is 18.8. The Balaban J connectivity index is 1.32. The first-order valence-electron chi connectivity index (χ1n) is 11.0. The van der Waals surface area contributed by atoms with Gasteiger partial charge in [-0.05, 0) is 57.0 Å². The van der Waals surface area contributed by atoms with Crippen molar-refractivity contribution in [2.45, 2.75) is 26.7 Å². The molecule has 0 saturated carbocycles. The lowest BCUT2D eigenvalue weighted by atomic mass is 9.97. The molecule has 0 radical (unpaired) electrons. The number of piperidine rings is 1. The predicted octanol–water partition coefficient (Wildman–Crippen LogP) is 4.00. The molecule has 0 amide bonds. The lowest BCUT2D eigenvalue weighted by molar-refractivity contribution is -0.148. The standard InChI is InChI=1S/C26H26N4O3/c1-18-14-23(19(2)30(18)22-6-4-3-5-7-22)24(31)17-33-26(32)21-10-12-29(13-11-21)25-9-8-20(15-27)16-28-25/h3-9,14,16,21H,10-13,17H2,1-2H3. The smallest absolute Gasteiger partial charge is 0.309 e. The van der Waals surface area contributed by atoms with E-state index in [-0.39, 0.29) is 24.3 Å². The summed E-state index contributed by atoms with van der Waals surface area (Å²) < 4.78 is 7.44. The van der Waals surface area contributed by atoms with Crippen molar-refractivity contribution in [3.63, 3.8) is 0 Å². The third kappa shape index (κ3) is 4.80. The Kier molecular flexibility index (Phi) is 6.55. The predicted molar refractivity (Wildman–Crippen MR) is 124 cm³/mol. The minimum absolute atomic E-state index is 0.196. The Morgan fingerprint density at radius 3 is 2.48 bits per heavy atom.